The number of phenolic OH excluding ortho intramolecular Hbond substituents is 1. The number of fused-ring (bicyclic) bond motifs is 4. The van der Waals surface area contributed by atoms with Crippen LogP contribution in [0.2, 0.25) is 10.0 Å². The average molecular weight is 762 g/mol. The first-order valence-corrected chi connectivity index (χ1v) is 17.5. The van der Waals surface area contributed by atoms with Crippen LogP contribution in [0.15, 0.2) is 96.7 Å². The summed E-state index contributed by atoms with van der Waals surface area (Å²) in [6.45, 7) is 1.70. The van der Waals surface area contributed by atoms with E-state index in [0.717, 1.165) is 5.01 Å². The third-order valence-corrected chi connectivity index (χ3v) is 11.7. The molecule has 2 aliphatic carbocycles. The van der Waals surface area contributed by atoms with Gasteiger partial charge in [0.25, 0.3) is 11.8 Å². The highest BCUT2D eigenvalue weighted by molar-refractivity contribution is 6.33. The minimum atomic E-state index is -4.74. The Labute approximate surface area is 311 Å². The van der Waals surface area contributed by atoms with Crippen molar-refractivity contribution < 1.29 is 37.5 Å². The molecule has 4 aromatic rings. The monoisotopic (exact) mass is 760 g/mol. The molecule has 1 saturated carbocycles. The number of hydrogen-bond acceptors (Lipinski definition) is 7. The van der Waals surface area contributed by atoms with Gasteiger partial charge in [-0.25, -0.2) is 4.98 Å². The molecule has 6 atom stereocenters. The van der Waals surface area contributed by atoms with E-state index in [-0.39, 0.29) is 30.3 Å². The molecule has 4 aliphatic rings. The molecule has 14 heteroatoms. The first kappa shape index (κ1) is 34.9. The fraction of sp³-hybridized carbons (Fsp3) is 0.256. The number of amides is 4. The maximum absolute atomic E-state index is 15.2. The van der Waals surface area contributed by atoms with Crippen LogP contribution in [-0.4, -0.2) is 38.7 Å². The molecule has 0 bridgehead atoms. The third kappa shape index (κ3) is 5.25. The van der Waals surface area contributed by atoms with E-state index in [1.54, 1.807) is 73.7 Å². The highest BCUT2D eigenvalue weighted by Crippen LogP contribution is 2.64. The van der Waals surface area contributed by atoms with Crippen molar-refractivity contribution in [2.45, 2.75) is 37.3 Å². The number of halogens is 5. The molecule has 0 radical (unpaired) electrons. The second-order valence-corrected chi connectivity index (χ2v) is 14.7. The summed E-state index contributed by atoms with van der Waals surface area (Å²) in [6, 6.07) is 20.6. The van der Waals surface area contributed by atoms with Gasteiger partial charge < -0.3 is 5.11 Å². The molecule has 2 saturated heterocycles. The van der Waals surface area contributed by atoms with E-state index in [1.807, 2.05) is 6.08 Å². The lowest BCUT2D eigenvalue weighted by Crippen LogP contribution is -2.53. The van der Waals surface area contributed by atoms with E-state index in [4.69, 9.17) is 23.2 Å². The van der Waals surface area contributed by atoms with Crippen LogP contribution in [0.1, 0.15) is 41.0 Å². The number of hydrogen-bond donors (Lipinski definition) is 2. The third-order valence-electron chi connectivity index (χ3n) is 11.1. The highest BCUT2D eigenvalue weighted by Gasteiger charge is 2.70. The molecule has 53 heavy (non-hydrogen) atoms. The van der Waals surface area contributed by atoms with Gasteiger partial charge in [-0.05, 0) is 78.8 Å². The van der Waals surface area contributed by atoms with Crippen LogP contribution in [-0.2, 0) is 30.8 Å². The number of anilines is 2. The molecule has 3 fully saturated rings. The Kier molecular flexibility index (Phi) is 8.19. The summed E-state index contributed by atoms with van der Waals surface area (Å²) >= 11 is 12.6. The number of hydrazine groups is 1. The number of alkyl halides is 3. The normalized spacial score (nSPS) is 26.7. The Hall–Kier alpha value is -5.20. The number of pyridine rings is 1. The van der Waals surface area contributed by atoms with Gasteiger partial charge in [-0.2, -0.15) is 18.2 Å². The lowest BCUT2D eigenvalue weighted by Gasteiger charge is -2.50. The molecule has 2 N–H and O–H groups in total. The minimum absolute atomic E-state index is 0.00565. The van der Waals surface area contributed by atoms with E-state index in [1.165, 1.54) is 11.0 Å². The van der Waals surface area contributed by atoms with Crippen LogP contribution in [0.3, 0.4) is 0 Å². The van der Waals surface area contributed by atoms with Crippen molar-refractivity contribution in [2.24, 2.45) is 23.7 Å². The van der Waals surface area contributed by atoms with Crippen LogP contribution in [0.4, 0.5) is 24.7 Å². The number of allylic oxidation sites excluding steroid dienone is 2. The number of aromatic nitrogens is 1. The molecular formula is C39H29Cl2F3N4O5. The Morgan fingerprint density at radius 2 is 1.62 bits per heavy atom. The van der Waals surface area contributed by atoms with Gasteiger partial charge in [0, 0.05) is 17.1 Å². The number of carbonyl (C=O) groups excluding carboxylic acids is 4. The zero-order chi connectivity index (χ0) is 37.6. The highest BCUT2D eigenvalue weighted by atomic mass is 35.5. The van der Waals surface area contributed by atoms with Crippen molar-refractivity contribution in [1.29, 1.82) is 0 Å². The topological polar surface area (TPSA) is 120 Å². The Morgan fingerprint density at radius 3 is 2.28 bits per heavy atom. The van der Waals surface area contributed by atoms with Gasteiger partial charge in [-0.1, -0.05) is 77.3 Å². The summed E-state index contributed by atoms with van der Waals surface area (Å²) in [4.78, 5) is 63.3. The molecule has 1 aromatic heterocycles. The predicted octanol–water partition coefficient (Wildman–Crippen LogP) is 7.61. The van der Waals surface area contributed by atoms with Gasteiger partial charge in [0.1, 0.15) is 5.75 Å². The average Bonchev–Trinajstić information content (AvgIpc) is 3.51. The Bertz CT molecular complexity index is 2250. The maximum atomic E-state index is 15.2. The van der Waals surface area contributed by atoms with Gasteiger partial charge in [0.15, 0.2) is 5.82 Å². The van der Waals surface area contributed by atoms with Gasteiger partial charge in [-0.15, -0.1) is 0 Å². The summed E-state index contributed by atoms with van der Waals surface area (Å²) < 4.78 is 40.3. The molecular weight excluding hydrogens is 732 g/mol. The van der Waals surface area contributed by atoms with Crippen LogP contribution in [0.25, 0.3) is 0 Å². The van der Waals surface area contributed by atoms with Gasteiger partial charge in [0.05, 0.1) is 39.4 Å². The predicted molar refractivity (Wildman–Crippen MR) is 189 cm³/mol. The molecule has 3 heterocycles. The van der Waals surface area contributed by atoms with Crippen molar-refractivity contribution in [3.05, 3.63) is 129 Å². The lowest BCUT2D eigenvalue weighted by molar-refractivity contribution is -0.139. The summed E-state index contributed by atoms with van der Waals surface area (Å²) in [7, 11) is 0. The van der Waals surface area contributed by atoms with Crippen LogP contribution >= 0.6 is 23.2 Å². The minimum Gasteiger partial charge on any atom is -0.508 e. The van der Waals surface area contributed by atoms with Crippen molar-refractivity contribution in [3.8, 4) is 5.75 Å². The lowest BCUT2D eigenvalue weighted by atomic mass is 9.49. The SMILES string of the molecule is Cc1cc(C2C3=CCC4C(=O)N(c5ccccc5)C(=O)C4C3CC3C(=O)N(Nc4ncc(C(F)(F)F)cc4Cl)C(=O)C32c2ccc(Cl)cc2)ccc1O. The number of aryl methyl sites for hydroxylation is 1. The van der Waals surface area contributed by atoms with E-state index < -0.39 is 69.5 Å². The summed E-state index contributed by atoms with van der Waals surface area (Å²) in [6.07, 6.45) is -2.11. The first-order valence-electron chi connectivity index (χ1n) is 16.8. The van der Waals surface area contributed by atoms with E-state index in [9.17, 15) is 32.7 Å². The maximum Gasteiger partial charge on any atom is 0.417 e. The Morgan fingerprint density at radius 1 is 0.906 bits per heavy atom. The van der Waals surface area contributed by atoms with Gasteiger partial charge >= 0.3 is 6.18 Å². The number of carbonyl (C=O) groups is 4. The number of nitrogens with zero attached hydrogens (tertiary/aromatic N) is 3. The molecule has 6 unspecified atom stereocenters. The summed E-state index contributed by atoms with van der Waals surface area (Å²) in [5, 5.41) is 11.2. The number of aromatic hydroxyl groups is 1. The van der Waals surface area contributed by atoms with Crippen molar-refractivity contribution in [3.63, 3.8) is 0 Å². The number of benzene rings is 3. The molecule has 3 aromatic carbocycles. The second kappa shape index (κ2) is 12.4. The van der Waals surface area contributed by atoms with E-state index >= 15 is 4.79 Å². The smallest absolute Gasteiger partial charge is 0.417 e. The number of imide groups is 2. The largest absolute Gasteiger partial charge is 0.508 e. The molecule has 270 valence electrons. The van der Waals surface area contributed by atoms with Gasteiger partial charge in [-0.3, -0.25) is 29.5 Å². The van der Waals surface area contributed by atoms with E-state index in [2.05, 4.69) is 10.4 Å². The molecule has 4 amide bonds. The molecule has 8 rings (SSSR count). The van der Waals surface area contributed by atoms with Crippen LogP contribution < -0.4 is 10.3 Å². The van der Waals surface area contributed by atoms with Crippen molar-refractivity contribution >= 4 is 58.3 Å². The fourth-order valence-electron chi connectivity index (χ4n) is 8.85. The van der Waals surface area contributed by atoms with E-state index in [0.29, 0.717) is 45.2 Å². The summed E-state index contributed by atoms with van der Waals surface area (Å²) in [5.74, 6) is -6.83. The standard InChI is InChI=1S/C39H29Cl2F3N4O5/c1-19-15-20(7-14-30(19)49)32-25-12-13-26-31(36(52)47(34(26)50)24-5-3-2-4-6-24)27(25)17-28-35(51)48(37(53)38(28,32)21-8-10-23(40)11-9-21)46-33-29(41)16-22(18-45-33)39(42,43)44/h2-12,14-16,18,26-28,31-32,49H,13,17H2,1H3,(H,45,46). The first-order chi connectivity index (χ1) is 25.2. The van der Waals surface area contributed by atoms with Crippen molar-refractivity contribution in [1.82, 2.24) is 9.99 Å². The molecule has 2 aliphatic heterocycles. The fourth-order valence-corrected chi connectivity index (χ4v) is 9.18. The van der Waals surface area contributed by atoms with Crippen LogP contribution in [0.5, 0.6) is 5.75 Å². The van der Waals surface area contributed by atoms with Gasteiger partial charge in [0.2, 0.25) is 11.8 Å². The van der Waals surface area contributed by atoms with Crippen LogP contribution in [0, 0.1) is 30.6 Å². The molecule has 0 spiro atoms. The number of phenols is 1. The number of nitrogens with one attached hydrogen (secondary N) is 1. The second-order valence-electron chi connectivity index (χ2n) is 13.8. The number of rotatable bonds is 5. The zero-order valence-electron chi connectivity index (χ0n) is 27.8. The summed E-state index contributed by atoms with van der Waals surface area (Å²) in [5.41, 5.74) is 2.43. The number of para-hydroxylation sites is 1. The quantitative estimate of drug-likeness (QED) is 0.159. The Balaban J connectivity index is 1.31. The zero-order valence-corrected chi connectivity index (χ0v) is 29.3. The van der Waals surface area contributed by atoms with Crippen molar-refractivity contribution in [2.75, 3.05) is 10.3 Å². The molecule has 9 nitrogen and oxygen atoms in total.